The summed E-state index contributed by atoms with van der Waals surface area (Å²) >= 11 is 0. The van der Waals surface area contributed by atoms with Crippen LogP contribution in [0.25, 0.3) is 5.69 Å². The summed E-state index contributed by atoms with van der Waals surface area (Å²) in [6.07, 6.45) is 4.28. The molecule has 70 valence electrons. The number of hydrogen-bond acceptors (Lipinski definition) is 2. The van der Waals surface area contributed by atoms with E-state index in [0.29, 0.717) is 5.56 Å². The van der Waals surface area contributed by atoms with Crippen LogP contribution >= 0.6 is 0 Å². The quantitative estimate of drug-likeness (QED) is 0.730. The van der Waals surface area contributed by atoms with Crippen molar-refractivity contribution in [2.24, 2.45) is 0 Å². The summed E-state index contributed by atoms with van der Waals surface area (Å²) in [6.45, 7) is 0. The van der Waals surface area contributed by atoms with Gasteiger partial charge >= 0.3 is 0 Å². The number of carbonyl (C=O) groups excluding carboxylic acids is 1. The fraction of sp³-hybridized carbons (Fsp3) is 0. The van der Waals surface area contributed by atoms with Crippen molar-refractivity contribution in [1.82, 2.24) is 4.57 Å². The van der Waals surface area contributed by atoms with E-state index in [1.807, 2.05) is 6.07 Å². The molecule has 1 aromatic carbocycles. The van der Waals surface area contributed by atoms with Gasteiger partial charge in [-0.1, -0.05) is 6.07 Å². The van der Waals surface area contributed by atoms with Crippen molar-refractivity contribution in [2.45, 2.75) is 0 Å². The molecule has 2 rings (SSSR count). The number of rotatable bonds is 2. The average Bonchev–Trinajstić information content (AvgIpc) is 2.66. The first-order chi connectivity index (χ1) is 6.79. The molecular formula is C11H9NO2. The predicted molar refractivity (Wildman–Crippen MR) is 52.8 cm³/mol. The molecule has 0 fully saturated rings. The number of carbonyl (C=O) groups is 1. The molecule has 0 amide bonds. The number of phenolic OH excluding ortho intramolecular Hbond substituents is 1. The molecule has 0 radical (unpaired) electrons. The Hall–Kier alpha value is -2.03. The van der Waals surface area contributed by atoms with Crippen molar-refractivity contribution in [3.8, 4) is 11.4 Å². The Morgan fingerprint density at radius 2 is 2.14 bits per heavy atom. The molecule has 0 aliphatic carbocycles. The molecule has 0 unspecified atom stereocenters. The molecular weight excluding hydrogens is 178 g/mol. The van der Waals surface area contributed by atoms with Gasteiger partial charge < -0.3 is 9.67 Å². The molecule has 14 heavy (non-hydrogen) atoms. The Morgan fingerprint density at radius 3 is 2.79 bits per heavy atom. The van der Waals surface area contributed by atoms with Gasteiger partial charge in [0.2, 0.25) is 0 Å². The standard InChI is InChI=1S/C11H9NO2/c13-8-9-4-5-12(7-9)10-2-1-3-11(14)6-10/h1-8,14H. The monoisotopic (exact) mass is 187 g/mol. The lowest BCUT2D eigenvalue weighted by Crippen LogP contribution is -1.88. The summed E-state index contributed by atoms with van der Waals surface area (Å²) in [5.41, 5.74) is 1.45. The van der Waals surface area contributed by atoms with Crippen LogP contribution in [0.5, 0.6) is 5.75 Å². The maximum Gasteiger partial charge on any atom is 0.151 e. The summed E-state index contributed by atoms with van der Waals surface area (Å²) in [4.78, 5) is 10.5. The zero-order valence-corrected chi connectivity index (χ0v) is 7.42. The Balaban J connectivity index is 2.43. The highest BCUT2D eigenvalue weighted by molar-refractivity contribution is 5.74. The van der Waals surface area contributed by atoms with Crippen LogP contribution < -0.4 is 0 Å². The van der Waals surface area contributed by atoms with Gasteiger partial charge in [-0.05, 0) is 18.2 Å². The minimum absolute atomic E-state index is 0.212. The van der Waals surface area contributed by atoms with E-state index in [2.05, 4.69) is 0 Å². The van der Waals surface area contributed by atoms with Gasteiger partial charge in [0.25, 0.3) is 0 Å². The third-order valence-corrected chi connectivity index (χ3v) is 1.98. The van der Waals surface area contributed by atoms with Crippen molar-refractivity contribution in [3.05, 3.63) is 48.3 Å². The minimum atomic E-state index is 0.212. The van der Waals surface area contributed by atoms with Gasteiger partial charge in [-0.2, -0.15) is 0 Å². The molecule has 0 aliphatic heterocycles. The lowest BCUT2D eigenvalue weighted by Gasteiger charge is -2.01. The first kappa shape index (κ1) is 8.56. The van der Waals surface area contributed by atoms with E-state index in [0.717, 1.165) is 12.0 Å². The van der Waals surface area contributed by atoms with Crippen LogP contribution in [0.2, 0.25) is 0 Å². The second-order valence-corrected chi connectivity index (χ2v) is 2.99. The second kappa shape index (κ2) is 3.38. The highest BCUT2D eigenvalue weighted by Gasteiger charge is 1.98. The highest BCUT2D eigenvalue weighted by atomic mass is 16.3. The molecule has 0 saturated carbocycles. The van der Waals surface area contributed by atoms with Crippen molar-refractivity contribution < 1.29 is 9.90 Å². The van der Waals surface area contributed by atoms with Gasteiger partial charge in [-0.15, -0.1) is 0 Å². The van der Waals surface area contributed by atoms with Crippen LogP contribution in [0, 0.1) is 0 Å². The van der Waals surface area contributed by atoms with Gasteiger partial charge in [0.15, 0.2) is 6.29 Å². The Morgan fingerprint density at radius 1 is 1.29 bits per heavy atom. The van der Waals surface area contributed by atoms with E-state index in [1.54, 1.807) is 41.2 Å². The maximum atomic E-state index is 10.5. The normalized spacial score (nSPS) is 10.0. The van der Waals surface area contributed by atoms with Gasteiger partial charge in [0, 0.05) is 29.7 Å². The third kappa shape index (κ3) is 1.52. The fourth-order valence-electron chi connectivity index (χ4n) is 1.30. The molecule has 1 heterocycles. The Bertz CT molecular complexity index is 460. The number of aromatic hydroxyl groups is 1. The molecule has 0 bridgehead atoms. The van der Waals surface area contributed by atoms with Crippen molar-refractivity contribution in [3.63, 3.8) is 0 Å². The first-order valence-electron chi connectivity index (χ1n) is 4.22. The van der Waals surface area contributed by atoms with Gasteiger partial charge in [0.05, 0.1) is 0 Å². The summed E-state index contributed by atoms with van der Waals surface area (Å²) in [7, 11) is 0. The minimum Gasteiger partial charge on any atom is -0.508 e. The largest absolute Gasteiger partial charge is 0.508 e. The SMILES string of the molecule is O=Cc1ccn(-c2cccc(O)c2)c1. The van der Waals surface area contributed by atoms with Gasteiger partial charge in [-0.3, -0.25) is 4.79 Å². The second-order valence-electron chi connectivity index (χ2n) is 2.99. The van der Waals surface area contributed by atoms with Crippen molar-refractivity contribution in [2.75, 3.05) is 0 Å². The zero-order chi connectivity index (χ0) is 9.97. The maximum absolute atomic E-state index is 10.5. The number of aromatic nitrogens is 1. The summed E-state index contributed by atoms with van der Waals surface area (Å²) in [5.74, 6) is 0.212. The van der Waals surface area contributed by atoms with Gasteiger partial charge in [0.1, 0.15) is 5.75 Å². The number of phenols is 1. The molecule has 2 aromatic rings. The molecule has 0 aliphatic rings. The summed E-state index contributed by atoms with van der Waals surface area (Å²) in [5, 5.41) is 9.26. The number of aldehydes is 1. The number of hydrogen-bond donors (Lipinski definition) is 1. The molecule has 3 nitrogen and oxygen atoms in total. The third-order valence-electron chi connectivity index (χ3n) is 1.98. The van der Waals surface area contributed by atoms with Crippen molar-refractivity contribution in [1.29, 1.82) is 0 Å². The van der Waals surface area contributed by atoms with Crippen LogP contribution in [0.1, 0.15) is 10.4 Å². The van der Waals surface area contributed by atoms with E-state index in [-0.39, 0.29) is 5.75 Å². The van der Waals surface area contributed by atoms with E-state index in [9.17, 15) is 9.90 Å². The Labute approximate surface area is 81.2 Å². The van der Waals surface area contributed by atoms with E-state index in [1.165, 1.54) is 0 Å². The zero-order valence-electron chi connectivity index (χ0n) is 7.42. The van der Waals surface area contributed by atoms with Crippen LogP contribution in [0.3, 0.4) is 0 Å². The number of nitrogens with zero attached hydrogens (tertiary/aromatic N) is 1. The predicted octanol–water partition coefficient (Wildman–Crippen LogP) is 2.00. The van der Waals surface area contributed by atoms with Crippen LogP contribution in [-0.4, -0.2) is 16.0 Å². The van der Waals surface area contributed by atoms with Gasteiger partial charge in [-0.25, -0.2) is 0 Å². The Kier molecular flexibility index (Phi) is 2.07. The molecule has 0 saturated heterocycles. The van der Waals surface area contributed by atoms with E-state index in [4.69, 9.17) is 0 Å². The lowest BCUT2D eigenvalue weighted by molar-refractivity contribution is 0.112. The molecule has 1 N–H and O–H groups in total. The van der Waals surface area contributed by atoms with E-state index < -0.39 is 0 Å². The molecule has 1 aromatic heterocycles. The van der Waals surface area contributed by atoms with Crippen molar-refractivity contribution >= 4 is 6.29 Å². The lowest BCUT2D eigenvalue weighted by atomic mass is 10.3. The summed E-state index contributed by atoms with van der Waals surface area (Å²) < 4.78 is 1.78. The van der Waals surface area contributed by atoms with Crippen LogP contribution in [-0.2, 0) is 0 Å². The topological polar surface area (TPSA) is 42.2 Å². The van der Waals surface area contributed by atoms with E-state index >= 15 is 0 Å². The summed E-state index contributed by atoms with van der Waals surface area (Å²) in [6, 6.07) is 8.57. The molecule has 3 heteroatoms. The molecule has 0 spiro atoms. The van der Waals surface area contributed by atoms with Crippen LogP contribution in [0.4, 0.5) is 0 Å². The highest BCUT2D eigenvalue weighted by Crippen LogP contribution is 2.15. The average molecular weight is 187 g/mol. The fourth-order valence-corrected chi connectivity index (χ4v) is 1.30. The first-order valence-corrected chi connectivity index (χ1v) is 4.22. The number of benzene rings is 1. The smallest absolute Gasteiger partial charge is 0.151 e. The molecule has 0 atom stereocenters. The van der Waals surface area contributed by atoms with Crippen LogP contribution in [0.15, 0.2) is 42.7 Å².